The van der Waals surface area contributed by atoms with Gasteiger partial charge in [0.15, 0.2) is 11.5 Å². The lowest BCUT2D eigenvalue weighted by atomic mass is 9.85. The summed E-state index contributed by atoms with van der Waals surface area (Å²) in [6, 6.07) is 13.2. The summed E-state index contributed by atoms with van der Waals surface area (Å²) >= 11 is 0. The number of rotatable bonds is 5. The number of para-hydroxylation sites is 1. The third kappa shape index (κ3) is 3.92. The minimum absolute atomic E-state index is 0.0211. The minimum atomic E-state index is -0.328. The molecule has 2 aromatic carbocycles. The van der Waals surface area contributed by atoms with Gasteiger partial charge in [0.05, 0.1) is 18.5 Å². The fourth-order valence-electron chi connectivity index (χ4n) is 4.24. The topological polar surface area (TPSA) is 93.9 Å². The van der Waals surface area contributed by atoms with Crippen molar-refractivity contribution < 1.29 is 19.1 Å². The highest BCUT2D eigenvalue weighted by Gasteiger charge is 2.33. The van der Waals surface area contributed by atoms with Crippen molar-refractivity contribution in [3.63, 3.8) is 0 Å². The largest absolute Gasteiger partial charge is 0.486 e. The maximum Gasteiger partial charge on any atom is 0.240 e. The van der Waals surface area contributed by atoms with E-state index in [2.05, 4.69) is 5.32 Å². The van der Waals surface area contributed by atoms with Crippen molar-refractivity contribution in [1.82, 2.24) is 5.32 Å². The van der Waals surface area contributed by atoms with Crippen molar-refractivity contribution in [1.29, 1.82) is 0 Å². The first-order chi connectivity index (χ1) is 14.4. The molecule has 2 amide bonds. The van der Waals surface area contributed by atoms with Crippen LogP contribution < -0.4 is 25.4 Å². The molecule has 0 spiro atoms. The third-order valence-electron chi connectivity index (χ3n) is 5.83. The Balaban J connectivity index is 1.47. The molecule has 0 fully saturated rings. The molecule has 158 valence electrons. The molecule has 3 atom stereocenters. The predicted octanol–water partition coefficient (Wildman–Crippen LogP) is 2.50. The molecule has 0 radical (unpaired) electrons. The summed E-state index contributed by atoms with van der Waals surface area (Å²) in [5.41, 5.74) is 8.34. The van der Waals surface area contributed by atoms with Gasteiger partial charge in [0.2, 0.25) is 11.8 Å². The van der Waals surface area contributed by atoms with Crippen LogP contribution in [0.3, 0.4) is 0 Å². The highest BCUT2D eigenvalue weighted by atomic mass is 16.6. The van der Waals surface area contributed by atoms with E-state index in [0.29, 0.717) is 25.4 Å². The number of nitrogens with two attached hydrogens (primary N) is 1. The molecule has 2 heterocycles. The number of primary amides is 1. The van der Waals surface area contributed by atoms with Crippen LogP contribution in [0.25, 0.3) is 0 Å². The van der Waals surface area contributed by atoms with Crippen LogP contribution in [0.15, 0.2) is 42.5 Å². The third-order valence-corrected chi connectivity index (χ3v) is 5.83. The van der Waals surface area contributed by atoms with E-state index in [0.717, 1.165) is 22.6 Å². The second-order valence-electron chi connectivity index (χ2n) is 7.92. The molecule has 2 aliphatic rings. The van der Waals surface area contributed by atoms with Crippen LogP contribution in [0.5, 0.6) is 11.5 Å². The molecule has 0 aromatic heterocycles. The van der Waals surface area contributed by atoms with Crippen LogP contribution in [0.1, 0.15) is 43.4 Å². The highest BCUT2D eigenvalue weighted by molar-refractivity contribution is 5.87. The van der Waals surface area contributed by atoms with Crippen molar-refractivity contribution in [3.8, 4) is 11.5 Å². The Kier molecular flexibility index (Phi) is 5.53. The van der Waals surface area contributed by atoms with Gasteiger partial charge in [-0.1, -0.05) is 24.3 Å². The molecular formula is C23H27N3O4. The Morgan fingerprint density at radius 1 is 1.17 bits per heavy atom. The lowest BCUT2D eigenvalue weighted by molar-refractivity contribution is -0.120. The summed E-state index contributed by atoms with van der Waals surface area (Å²) in [7, 11) is 0. The van der Waals surface area contributed by atoms with Crippen LogP contribution in [-0.4, -0.2) is 37.6 Å². The summed E-state index contributed by atoms with van der Waals surface area (Å²) < 4.78 is 11.2. The SMILES string of the molecule is C[C@H](NC(=O)CN1c2ccccc2[C@H](C(N)=O)C[C@H]1C)c1ccc2c(c1)OCCO2. The van der Waals surface area contributed by atoms with Gasteiger partial charge in [0.25, 0.3) is 0 Å². The second kappa shape index (κ2) is 8.26. The zero-order chi connectivity index (χ0) is 21.3. The number of carbonyl (C=O) groups excluding carboxylic acids is 2. The molecule has 0 aliphatic carbocycles. The van der Waals surface area contributed by atoms with Gasteiger partial charge >= 0.3 is 0 Å². The van der Waals surface area contributed by atoms with E-state index in [4.69, 9.17) is 15.2 Å². The number of carbonyl (C=O) groups is 2. The van der Waals surface area contributed by atoms with Crippen molar-refractivity contribution in [2.45, 2.75) is 38.3 Å². The van der Waals surface area contributed by atoms with Gasteiger partial charge in [-0.25, -0.2) is 0 Å². The van der Waals surface area contributed by atoms with Gasteiger partial charge in [-0.3, -0.25) is 9.59 Å². The Morgan fingerprint density at radius 3 is 2.67 bits per heavy atom. The highest BCUT2D eigenvalue weighted by Crippen LogP contribution is 2.38. The molecule has 3 N–H and O–H groups in total. The Bertz CT molecular complexity index is 961. The van der Waals surface area contributed by atoms with Crippen molar-refractivity contribution in [2.75, 3.05) is 24.7 Å². The first kappa shape index (κ1) is 20.1. The van der Waals surface area contributed by atoms with Gasteiger partial charge in [-0.2, -0.15) is 0 Å². The molecule has 4 rings (SSSR count). The Labute approximate surface area is 176 Å². The zero-order valence-electron chi connectivity index (χ0n) is 17.3. The number of amides is 2. The number of hydrogen-bond acceptors (Lipinski definition) is 5. The molecule has 2 aromatic rings. The van der Waals surface area contributed by atoms with Crippen molar-refractivity contribution >= 4 is 17.5 Å². The molecule has 0 saturated carbocycles. The van der Waals surface area contributed by atoms with Crippen LogP contribution in [0.4, 0.5) is 5.69 Å². The minimum Gasteiger partial charge on any atom is -0.486 e. The van der Waals surface area contributed by atoms with E-state index in [1.165, 1.54) is 0 Å². The average Bonchev–Trinajstić information content (AvgIpc) is 2.75. The number of ether oxygens (including phenoxy) is 2. The molecule has 30 heavy (non-hydrogen) atoms. The molecule has 0 saturated heterocycles. The quantitative estimate of drug-likeness (QED) is 0.791. The van der Waals surface area contributed by atoms with Crippen molar-refractivity contribution in [2.24, 2.45) is 5.73 Å². The standard InChI is InChI=1S/C23H27N3O4/c1-14-11-18(23(24)28)17-5-3-4-6-19(17)26(14)13-22(27)25-15(2)16-7-8-20-21(12-16)30-10-9-29-20/h3-8,12,14-15,18H,9-11,13H2,1-2H3,(H2,24,28)(H,25,27)/t14-,15+,18-/m1/s1. The van der Waals surface area contributed by atoms with E-state index >= 15 is 0 Å². The Hall–Kier alpha value is -3.22. The summed E-state index contributed by atoms with van der Waals surface area (Å²) in [5, 5.41) is 3.07. The molecule has 2 aliphatic heterocycles. The first-order valence-corrected chi connectivity index (χ1v) is 10.3. The molecule has 0 bridgehead atoms. The summed E-state index contributed by atoms with van der Waals surface area (Å²) in [6.07, 6.45) is 0.595. The Morgan fingerprint density at radius 2 is 1.90 bits per heavy atom. The molecule has 7 nitrogen and oxygen atoms in total. The molecule has 0 unspecified atom stereocenters. The van der Waals surface area contributed by atoms with Gasteiger partial charge in [0, 0.05) is 11.7 Å². The summed E-state index contributed by atoms with van der Waals surface area (Å²) in [6.45, 7) is 5.24. The normalized spacial score (nSPS) is 20.8. The summed E-state index contributed by atoms with van der Waals surface area (Å²) in [5.74, 6) is 0.691. The van der Waals surface area contributed by atoms with Gasteiger partial charge in [-0.15, -0.1) is 0 Å². The van der Waals surface area contributed by atoms with Crippen LogP contribution in [-0.2, 0) is 9.59 Å². The van der Waals surface area contributed by atoms with Crippen molar-refractivity contribution in [3.05, 3.63) is 53.6 Å². The van der Waals surface area contributed by atoms with E-state index in [9.17, 15) is 9.59 Å². The maximum absolute atomic E-state index is 12.9. The zero-order valence-corrected chi connectivity index (χ0v) is 17.3. The lowest BCUT2D eigenvalue weighted by Gasteiger charge is -2.39. The molecular weight excluding hydrogens is 382 g/mol. The average molecular weight is 409 g/mol. The van der Waals surface area contributed by atoms with Gasteiger partial charge in [-0.05, 0) is 49.6 Å². The maximum atomic E-state index is 12.9. The van der Waals surface area contributed by atoms with E-state index in [-0.39, 0.29) is 36.4 Å². The first-order valence-electron chi connectivity index (χ1n) is 10.3. The van der Waals surface area contributed by atoms with Gasteiger partial charge < -0.3 is 25.4 Å². The summed E-state index contributed by atoms with van der Waals surface area (Å²) in [4.78, 5) is 26.8. The number of nitrogens with zero attached hydrogens (tertiary/aromatic N) is 1. The fraction of sp³-hybridized carbons (Fsp3) is 0.391. The fourth-order valence-corrected chi connectivity index (χ4v) is 4.24. The van der Waals surface area contributed by atoms with E-state index in [1.807, 2.05) is 61.2 Å². The predicted molar refractivity (Wildman–Crippen MR) is 114 cm³/mol. The number of benzene rings is 2. The number of fused-ring (bicyclic) bond motifs is 2. The van der Waals surface area contributed by atoms with E-state index < -0.39 is 0 Å². The van der Waals surface area contributed by atoms with E-state index in [1.54, 1.807) is 0 Å². The smallest absolute Gasteiger partial charge is 0.240 e. The number of nitrogens with one attached hydrogen (secondary N) is 1. The lowest BCUT2D eigenvalue weighted by Crippen LogP contribution is -2.47. The number of hydrogen-bond donors (Lipinski definition) is 2. The molecule has 7 heteroatoms. The van der Waals surface area contributed by atoms with Gasteiger partial charge in [0.1, 0.15) is 13.2 Å². The van der Waals surface area contributed by atoms with Crippen LogP contribution in [0.2, 0.25) is 0 Å². The monoisotopic (exact) mass is 409 g/mol. The van der Waals surface area contributed by atoms with Crippen LogP contribution in [0, 0.1) is 0 Å². The second-order valence-corrected chi connectivity index (χ2v) is 7.92. The van der Waals surface area contributed by atoms with Crippen LogP contribution >= 0.6 is 0 Å². The number of anilines is 1.